The van der Waals surface area contributed by atoms with Gasteiger partial charge in [0, 0.05) is 26.7 Å². The van der Waals surface area contributed by atoms with E-state index in [-0.39, 0.29) is 6.03 Å². The fourth-order valence-electron chi connectivity index (χ4n) is 2.30. The SMILES string of the molecule is CN1CCN(CC2(CS)CCC2)C1=O. The summed E-state index contributed by atoms with van der Waals surface area (Å²) in [5.74, 6) is 0.917. The van der Waals surface area contributed by atoms with E-state index >= 15 is 0 Å². The lowest BCUT2D eigenvalue weighted by Crippen LogP contribution is -2.45. The molecule has 0 aromatic rings. The Morgan fingerprint density at radius 1 is 1.43 bits per heavy atom. The van der Waals surface area contributed by atoms with Gasteiger partial charge in [-0.05, 0) is 24.0 Å². The van der Waals surface area contributed by atoms with Crippen molar-refractivity contribution in [2.24, 2.45) is 5.41 Å². The standard InChI is InChI=1S/C10H18N2OS/c1-11-5-6-12(9(11)13)7-10(8-14)3-2-4-10/h14H,2-8H2,1H3. The summed E-state index contributed by atoms with van der Waals surface area (Å²) in [6.45, 7) is 2.69. The zero-order valence-electron chi connectivity index (χ0n) is 8.70. The van der Waals surface area contributed by atoms with E-state index in [2.05, 4.69) is 12.6 Å². The smallest absolute Gasteiger partial charge is 0.319 e. The lowest BCUT2D eigenvalue weighted by molar-refractivity contribution is 0.111. The highest BCUT2D eigenvalue weighted by Crippen LogP contribution is 2.42. The quantitative estimate of drug-likeness (QED) is 0.706. The second-order valence-corrected chi connectivity index (χ2v) is 4.95. The molecule has 2 fully saturated rings. The molecular formula is C10H18N2OS. The van der Waals surface area contributed by atoms with Crippen LogP contribution in [0.25, 0.3) is 0 Å². The monoisotopic (exact) mass is 214 g/mol. The first-order chi connectivity index (χ1) is 6.67. The van der Waals surface area contributed by atoms with Crippen molar-refractivity contribution in [1.82, 2.24) is 9.80 Å². The average Bonchev–Trinajstić information content (AvgIpc) is 2.42. The minimum atomic E-state index is 0.193. The Hall–Kier alpha value is -0.380. The van der Waals surface area contributed by atoms with E-state index in [1.165, 1.54) is 19.3 Å². The van der Waals surface area contributed by atoms with Crippen LogP contribution in [0, 0.1) is 5.41 Å². The van der Waals surface area contributed by atoms with Gasteiger partial charge >= 0.3 is 6.03 Å². The molecule has 1 aliphatic heterocycles. The van der Waals surface area contributed by atoms with Crippen molar-refractivity contribution in [3.8, 4) is 0 Å². The van der Waals surface area contributed by atoms with Gasteiger partial charge < -0.3 is 9.80 Å². The Bertz CT molecular complexity index is 235. The largest absolute Gasteiger partial charge is 0.326 e. The molecule has 0 unspecified atom stereocenters. The molecule has 3 nitrogen and oxygen atoms in total. The highest BCUT2D eigenvalue weighted by atomic mass is 32.1. The maximum absolute atomic E-state index is 11.7. The van der Waals surface area contributed by atoms with Crippen molar-refractivity contribution in [3.63, 3.8) is 0 Å². The zero-order valence-corrected chi connectivity index (χ0v) is 9.59. The second-order valence-electron chi connectivity index (χ2n) is 4.64. The maximum atomic E-state index is 11.7. The number of carbonyl (C=O) groups is 1. The molecule has 0 atom stereocenters. The molecule has 0 aromatic carbocycles. The van der Waals surface area contributed by atoms with Gasteiger partial charge in [0.25, 0.3) is 0 Å². The van der Waals surface area contributed by atoms with Gasteiger partial charge in [0.05, 0.1) is 0 Å². The van der Waals surface area contributed by atoms with Crippen molar-refractivity contribution in [3.05, 3.63) is 0 Å². The van der Waals surface area contributed by atoms with Gasteiger partial charge in [0.1, 0.15) is 0 Å². The third kappa shape index (κ3) is 1.60. The molecule has 0 aromatic heterocycles. The number of carbonyl (C=O) groups excluding carboxylic acids is 1. The molecular weight excluding hydrogens is 196 g/mol. The highest BCUT2D eigenvalue weighted by molar-refractivity contribution is 7.80. The molecule has 0 radical (unpaired) electrons. The van der Waals surface area contributed by atoms with Crippen molar-refractivity contribution in [2.75, 3.05) is 32.4 Å². The summed E-state index contributed by atoms with van der Waals surface area (Å²) < 4.78 is 0. The van der Waals surface area contributed by atoms with E-state index in [1.54, 1.807) is 4.90 Å². The van der Waals surface area contributed by atoms with Crippen LogP contribution >= 0.6 is 12.6 Å². The number of likely N-dealkylation sites (N-methyl/N-ethyl adjacent to an activating group) is 1. The van der Waals surface area contributed by atoms with Crippen molar-refractivity contribution in [1.29, 1.82) is 0 Å². The first kappa shape index (κ1) is 10.1. The van der Waals surface area contributed by atoms with Gasteiger partial charge in [0.15, 0.2) is 0 Å². The number of hydrogen-bond acceptors (Lipinski definition) is 2. The molecule has 1 heterocycles. The first-order valence-electron chi connectivity index (χ1n) is 5.28. The minimum Gasteiger partial charge on any atom is -0.326 e. The van der Waals surface area contributed by atoms with E-state index in [9.17, 15) is 4.79 Å². The topological polar surface area (TPSA) is 23.6 Å². The second kappa shape index (κ2) is 3.65. The van der Waals surface area contributed by atoms with Gasteiger partial charge in [0.2, 0.25) is 0 Å². The number of nitrogens with zero attached hydrogens (tertiary/aromatic N) is 2. The summed E-state index contributed by atoms with van der Waals surface area (Å²) >= 11 is 4.41. The molecule has 1 saturated heterocycles. The average molecular weight is 214 g/mol. The molecule has 0 bridgehead atoms. The van der Waals surface area contributed by atoms with Gasteiger partial charge in [-0.1, -0.05) is 6.42 Å². The lowest BCUT2D eigenvalue weighted by atomic mass is 9.70. The summed E-state index contributed by atoms with van der Waals surface area (Å²) in [6.07, 6.45) is 3.78. The number of amides is 2. The van der Waals surface area contributed by atoms with Crippen molar-refractivity contribution < 1.29 is 4.79 Å². The predicted octanol–water partition coefficient (Wildman–Crippen LogP) is 1.45. The molecule has 0 spiro atoms. The van der Waals surface area contributed by atoms with Crippen molar-refractivity contribution in [2.45, 2.75) is 19.3 Å². The van der Waals surface area contributed by atoms with Crippen LogP contribution in [0.15, 0.2) is 0 Å². The molecule has 4 heteroatoms. The van der Waals surface area contributed by atoms with E-state index in [0.717, 1.165) is 25.4 Å². The molecule has 2 amide bonds. The van der Waals surface area contributed by atoms with Crippen LogP contribution in [-0.2, 0) is 0 Å². The number of rotatable bonds is 3. The summed E-state index contributed by atoms with van der Waals surface area (Å²) in [5, 5.41) is 0. The van der Waals surface area contributed by atoms with E-state index in [1.807, 2.05) is 11.9 Å². The fraction of sp³-hybridized carbons (Fsp3) is 0.900. The molecule has 1 aliphatic carbocycles. The lowest BCUT2D eigenvalue weighted by Gasteiger charge is -2.43. The molecule has 2 rings (SSSR count). The summed E-state index contributed by atoms with van der Waals surface area (Å²) in [5.41, 5.74) is 0.337. The van der Waals surface area contributed by atoms with E-state index in [4.69, 9.17) is 0 Å². The fourth-order valence-corrected chi connectivity index (χ4v) is 2.71. The van der Waals surface area contributed by atoms with Gasteiger partial charge in [-0.25, -0.2) is 4.79 Å². The number of urea groups is 1. The zero-order chi connectivity index (χ0) is 10.2. The van der Waals surface area contributed by atoms with Crippen LogP contribution in [0.5, 0.6) is 0 Å². The Morgan fingerprint density at radius 3 is 2.50 bits per heavy atom. The van der Waals surface area contributed by atoms with Crippen LogP contribution in [0.3, 0.4) is 0 Å². The summed E-state index contributed by atoms with van der Waals surface area (Å²) in [7, 11) is 1.87. The molecule has 0 N–H and O–H groups in total. The third-order valence-electron chi connectivity index (χ3n) is 3.58. The van der Waals surface area contributed by atoms with Crippen molar-refractivity contribution >= 4 is 18.7 Å². The van der Waals surface area contributed by atoms with E-state index in [0.29, 0.717) is 5.41 Å². The minimum absolute atomic E-state index is 0.193. The van der Waals surface area contributed by atoms with Crippen LogP contribution in [0.1, 0.15) is 19.3 Å². The maximum Gasteiger partial charge on any atom is 0.319 e. The van der Waals surface area contributed by atoms with Gasteiger partial charge in [-0.2, -0.15) is 12.6 Å². The summed E-state index contributed by atoms with van der Waals surface area (Å²) in [4.78, 5) is 15.4. The summed E-state index contributed by atoms with van der Waals surface area (Å²) in [6, 6.07) is 0.193. The predicted molar refractivity (Wildman–Crippen MR) is 59.7 cm³/mol. The molecule has 2 aliphatic rings. The van der Waals surface area contributed by atoms with E-state index < -0.39 is 0 Å². The Kier molecular flexibility index (Phi) is 2.64. The molecule has 14 heavy (non-hydrogen) atoms. The molecule has 1 saturated carbocycles. The Morgan fingerprint density at radius 2 is 2.14 bits per heavy atom. The first-order valence-corrected chi connectivity index (χ1v) is 5.91. The van der Waals surface area contributed by atoms with Crippen LogP contribution in [0.2, 0.25) is 0 Å². The third-order valence-corrected chi connectivity index (χ3v) is 4.25. The van der Waals surface area contributed by atoms with Gasteiger partial charge in [-0.3, -0.25) is 0 Å². The van der Waals surface area contributed by atoms with Gasteiger partial charge in [-0.15, -0.1) is 0 Å². The normalized spacial score (nSPS) is 25.4. The highest BCUT2D eigenvalue weighted by Gasteiger charge is 2.40. The number of thiol groups is 1. The Balaban J connectivity index is 1.94. The van der Waals surface area contributed by atoms with Crippen LogP contribution in [-0.4, -0.2) is 48.3 Å². The van der Waals surface area contributed by atoms with Crippen LogP contribution in [0.4, 0.5) is 4.79 Å². The van der Waals surface area contributed by atoms with Crippen LogP contribution < -0.4 is 0 Å². The Labute approximate surface area is 90.8 Å². The molecule has 80 valence electrons. The number of hydrogen-bond donors (Lipinski definition) is 1.